The Balaban J connectivity index is 1.27. The number of amides is 2. The van der Waals surface area contributed by atoms with Crippen LogP contribution in [0.5, 0.6) is 0 Å². The average Bonchev–Trinajstić information content (AvgIpc) is 2.89. The fraction of sp³-hybridized carbons (Fsp3) is 0.0323. The lowest BCUT2D eigenvalue weighted by molar-refractivity contribution is -0.112. The minimum Gasteiger partial charge on any atom is -0.323 e. The van der Waals surface area contributed by atoms with E-state index in [0.29, 0.717) is 21.4 Å². The highest BCUT2D eigenvalue weighted by Crippen LogP contribution is 2.17. The summed E-state index contributed by atoms with van der Waals surface area (Å²) in [6.07, 6.45) is 7.13. The molecule has 0 saturated heterocycles. The van der Waals surface area contributed by atoms with E-state index in [1.165, 1.54) is 12.2 Å². The molecule has 2 amide bonds. The van der Waals surface area contributed by atoms with Crippen LogP contribution in [-0.4, -0.2) is 11.8 Å². The Morgan fingerprint density at radius 3 is 1.38 bits per heavy atom. The van der Waals surface area contributed by atoms with Crippen LogP contribution in [0.25, 0.3) is 12.2 Å². The van der Waals surface area contributed by atoms with Gasteiger partial charge >= 0.3 is 0 Å². The van der Waals surface area contributed by atoms with Crippen LogP contribution >= 0.6 is 23.2 Å². The van der Waals surface area contributed by atoms with Crippen molar-refractivity contribution in [2.45, 2.75) is 6.42 Å². The van der Waals surface area contributed by atoms with Crippen molar-refractivity contribution in [1.29, 1.82) is 0 Å². The molecule has 0 heterocycles. The standard InChI is InChI=1S/C31H24Cl2N2O2/c32-26-5-1-3-22(20-26)11-17-30(36)34-28-13-7-24(8-14-28)19-25-9-15-29(16-10-25)35-31(37)18-12-23-4-2-6-27(33)21-23/h1-18,20-21H,19H2,(H,34,36)(H,35,37). The van der Waals surface area contributed by atoms with Crippen molar-refractivity contribution < 1.29 is 9.59 Å². The topological polar surface area (TPSA) is 58.2 Å². The summed E-state index contributed by atoms with van der Waals surface area (Å²) < 4.78 is 0. The Kier molecular flexibility index (Phi) is 8.93. The first-order valence-electron chi connectivity index (χ1n) is 11.6. The van der Waals surface area contributed by atoms with Gasteiger partial charge in [-0.15, -0.1) is 0 Å². The summed E-state index contributed by atoms with van der Waals surface area (Å²) in [5, 5.41) is 6.96. The van der Waals surface area contributed by atoms with Crippen LogP contribution in [0.1, 0.15) is 22.3 Å². The van der Waals surface area contributed by atoms with Gasteiger partial charge < -0.3 is 10.6 Å². The molecule has 0 aromatic heterocycles. The molecule has 37 heavy (non-hydrogen) atoms. The molecule has 2 N–H and O–H groups in total. The second kappa shape index (κ2) is 12.7. The van der Waals surface area contributed by atoms with Crippen LogP contribution in [0.15, 0.2) is 109 Å². The number of carbonyl (C=O) groups excluding carboxylic acids is 2. The maximum absolute atomic E-state index is 12.2. The Labute approximate surface area is 226 Å². The number of rotatable bonds is 8. The molecule has 0 aliphatic heterocycles. The molecule has 184 valence electrons. The SMILES string of the molecule is O=C(C=Cc1cccc(Cl)c1)Nc1ccc(Cc2ccc(NC(=O)C=Cc3cccc(Cl)c3)cc2)cc1. The molecular formula is C31H24Cl2N2O2. The summed E-state index contributed by atoms with van der Waals surface area (Å²) in [5.74, 6) is -0.430. The molecule has 4 aromatic carbocycles. The number of benzene rings is 4. The zero-order valence-corrected chi connectivity index (χ0v) is 21.3. The lowest BCUT2D eigenvalue weighted by Gasteiger charge is -2.07. The molecule has 0 unspecified atom stereocenters. The molecule has 0 radical (unpaired) electrons. The number of halogens is 2. The fourth-order valence-corrected chi connectivity index (χ4v) is 3.98. The van der Waals surface area contributed by atoms with Gasteiger partial charge in [0.15, 0.2) is 0 Å². The summed E-state index contributed by atoms with van der Waals surface area (Å²) in [4.78, 5) is 24.4. The highest BCUT2D eigenvalue weighted by atomic mass is 35.5. The minimum atomic E-state index is -0.215. The van der Waals surface area contributed by atoms with Crippen LogP contribution in [0.4, 0.5) is 11.4 Å². The van der Waals surface area contributed by atoms with Gasteiger partial charge in [0.1, 0.15) is 0 Å². The second-order valence-electron chi connectivity index (χ2n) is 8.33. The largest absolute Gasteiger partial charge is 0.323 e. The number of nitrogens with one attached hydrogen (secondary N) is 2. The molecule has 0 aliphatic rings. The fourth-order valence-electron chi connectivity index (χ4n) is 3.58. The van der Waals surface area contributed by atoms with Gasteiger partial charge in [0, 0.05) is 33.6 Å². The Morgan fingerprint density at radius 1 is 0.595 bits per heavy atom. The monoisotopic (exact) mass is 526 g/mol. The molecular weight excluding hydrogens is 503 g/mol. The Bertz CT molecular complexity index is 1330. The molecule has 6 heteroatoms. The molecule has 4 nitrogen and oxygen atoms in total. The number of hydrogen-bond donors (Lipinski definition) is 2. The predicted octanol–water partition coefficient (Wildman–Crippen LogP) is 7.89. The van der Waals surface area contributed by atoms with Crippen LogP contribution < -0.4 is 10.6 Å². The Hall–Kier alpha value is -4.12. The van der Waals surface area contributed by atoms with Crippen molar-refractivity contribution >= 4 is 58.5 Å². The van der Waals surface area contributed by atoms with Crippen LogP contribution in [0, 0.1) is 0 Å². The first kappa shape index (κ1) is 26.0. The van der Waals surface area contributed by atoms with E-state index in [-0.39, 0.29) is 11.8 Å². The highest BCUT2D eigenvalue weighted by Gasteiger charge is 2.02. The van der Waals surface area contributed by atoms with Gasteiger partial charge in [-0.1, -0.05) is 71.7 Å². The van der Waals surface area contributed by atoms with Crippen molar-refractivity contribution in [3.05, 3.63) is 142 Å². The lowest BCUT2D eigenvalue weighted by Crippen LogP contribution is -2.08. The quantitative estimate of drug-likeness (QED) is 0.229. The van der Waals surface area contributed by atoms with E-state index in [2.05, 4.69) is 10.6 Å². The third-order valence-electron chi connectivity index (χ3n) is 5.40. The van der Waals surface area contributed by atoms with E-state index >= 15 is 0 Å². The molecule has 0 bridgehead atoms. The molecule has 0 spiro atoms. The Morgan fingerprint density at radius 2 is 1.00 bits per heavy atom. The zero-order valence-electron chi connectivity index (χ0n) is 19.8. The van der Waals surface area contributed by atoms with Gasteiger partial charge in [-0.25, -0.2) is 0 Å². The van der Waals surface area contributed by atoms with Crippen LogP contribution in [0.2, 0.25) is 10.0 Å². The van der Waals surface area contributed by atoms with Crippen molar-refractivity contribution in [2.24, 2.45) is 0 Å². The van der Waals surface area contributed by atoms with Crippen molar-refractivity contribution in [3.8, 4) is 0 Å². The van der Waals surface area contributed by atoms with E-state index in [1.54, 1.807) is 36.4 Å². The van der Waals surface area contributed by atoms with E-state index in [0.717, 1.165) is 28.7 Å². The van der Waals surface area contributed by atoms with Gasteiger partial charge in [-0.3, -0.25) is 9.59 Å². The second-order valence-corrected chi connectivity index (χ2v) is 9.20. The van der Waals surface area contributed by atoms with Crippen LogP contribution in [-0.2, 0) is 16.0 Å². The number of hydrogen-bond acceptors (Lipinski definition) is 2. The average molecular weight is 527 g/mol. The molecule has 4 aromatic rings. The van der Waals surface area contributed by atoms with Gasteiger partial charge in [0.2, 0.25) is 11.8 Å². The maximum Gasteiger partial charge on any atom is 0.248 e. The van der Waals surface area contributed by atoms with Gasteiger partial charge in [0.25, 0.3) is 0 Å². The van der Waals surface area contributed by atoms with Crippen molar-refractivity contribution in [1.82, 2.24) is 0 Å². The number of carbonyl (C=O) groups is 2. The summed E-state index contributed by atoms with van der Waals surface area (Å²) >= 11 is 11.9. The van der Waals surface area contributed by atoms with Crippen LogP contribution in [0.3, 0.4) is 0 Å². The summed E-state index contributed by atoms with van der Waals surface area (Å²) in [6, 6.07) is 30.0. The lowest BCUT2D eigenvalue weighted by atomic mass is 10.0. The van der Waals surface area contributed by atoms with Crippen molar-refractivity contribution in [3.63, 3.8) is 0 Å². The molecule has 0 atom stereocenters. The van der Waals surface area contributed by atoms with Gasteiger partial charge in [0.05, 0.1) is 0 Å². The molecule has 0 fully saturated rings. The number of anilines is 2. The normalized spacial score (nSPS) is 11.1. The third kappa shape index (κ3) is 8.50. The first-order chi connectivity index (χ1) is 17.9. The van der Waals surface area contributed by atoms with E-state index in [1.807, 2.05) is 72.8 Å². The van der Waals surface area contributed by atoms with E-state index in [9.17, 15) is 9.59 Å². The van der Waals surface area contributed by atoms with Gasteiger partial charge in [-0.05, 0) is 89.4 Å². The molecule has 0 saturated carbocycles. The minimum absolute atomic E-state index is 0.215. The highest BCUT2D eigenvalue weighted by molar-refractivity contribution is 6.31. The van der Waals surface area contributed by atoms with E-state index < -0.39 is 0 Å². The van der Waals surface area contributed by atoms with Gasteiger partial charge in [-0.2, -0.15) is 0 Å². The molecule has 0 aliphatic carbocycles. The third-order valence-corrected chi connectivity index (χ3v) is 5.87. The summed E-state index contributed by atoms with van der Waals surface area (Å²) in [6.45, 7) is 0. The summed E-state index contributed by atoms with van der Waals surface area (Å²) in [7, 11) is 0. The summed E-state index contributed by atoms with van der Waals surface area (Å²) in [5.41, 5.74) is 5.36. The first-order valence-corrected chi connectivity index (χ1v) is 12.4. The molecule has 4 rings (SSSR count). The smallest absolute Gasteiger partial charge is 0.248 e. The maximum atomic E-state index is 12.2. The zero-order chi connectivity index (χ0) is 26.0. The van der Waals surface area contributed by atoms with E-state index in [4.69, 9.17) is 23.2 Å². The predicted molar refractivity (Wildman–Crippen MR) is 154 cm³/mol. The van der Waals surface area contributed by atoms with Crippen molar-refractivity contribution in [2.75, 3.05) is 10.6 Å².